The van der Waals surface area contributed by atoms with E-state index < -0.39 is 6.10 Å². The van der Waals surface area contributed by atoms with E-state index in [-0.39, 0.29) is 13.2 Å². The first-order valence-corrected chi connectivity index (χ1v) is 11.7. The van der Waals surface area contributed by atoms with E-state index in [0.717, 1.165) is 11.6 Å². The van der Waals surface area contributed by atoms with E-state index >= 15 is 0 Å². The number of benzene rings is 1. The van der Waals surface area contributed by atoms with E-state index in [1.165, 1.54) is 43.4 Å². The van der Waals surface area contributed by atoms with Gasteiger partial charge in [0.25, 0.3) is 0 Å². The fraction of sp³-hybridized carbons (Fsp3) is 0.550. The van der Waals surface area contributed by atoms with Crippen LogP contribution in [0, 0.1) is 5.92 Å². The van der Waals surface area contributed by atoms with Crippen molar-refractivity contribution in [2.24, 2.45) is 10.9 Å². The molecule has 0 spiro atoms. The van der Waals surface area contributed by atoms with E-state index in [0.29, 0.717) is 39.0 Å². The van der Waals surface area contributed by atoms with Gasteiger partial charge in [0, 0.05) is 23.1 Å². The highest BCUT2D eigenvalue weighted by Crippen LogP contribution is 2.24. The molecule has 0 aliphatic heterocycles. The van der Waals surface area contributed by atoms with Gasteiger partial charge in [0.2, 0.25) is 0 Å². The van der Waals surface area contributed by atoms with Crippen molar-refractivity contribution < 1.29 is 10.2 Å². The first-order chi connectivity index (χ1) is 14.5. The van der Waals surface area contributed by atoms with E-state index in [4.69, 9.17) is 28.3 Å². The summed E-state index contributed by atoms with van der Waals surface area (Å²) >= 11 is 13.4. The van der Waals surface area contributed by atoms with Gasteiger partial charge in [0.05, 0.1) is 19.3 Å². The molecule has 30 heavy (non-hydrogen) atoms. The topological polar surface area (TPSA) is 103 Å². The van der Waals surface area contributed by atoms with Crippen LogP contribution in [0.25, 0.3) is 0 Å². The summed E-state index contributed by atoms with van der Waals surface area (Å²) in [6.07, 6.45) is 5.52. The maximum Gasteiger partial charge on any atom is 0.191 e. The largest absolute Gasteiger partial charge is 0.389 e. The quantitative estimate of drug-likeness (QED) is 0.345. The van der Waals surface area contributed by atoms with Crippen molar-refractivity contribution in [3.05, 3.63) is 43.8 Å². The van der Waals surface area contributed by atoms with Crippen molar-refractivity contribution in [2.75, 3.05) is 13.1 Å². The van der Waals surface area contributed by atoms with Gasteiger partial charge in [-0.05, 0) is 42.5 Å². The highest BCUT2D eigenvalue weighted by Gasteiger charge is 2.15. The number of hydrogen-bond acceptors (Lipinski definition) is 6. The van der Waals surface area contributed by atoms with Gasteiger partial charge in [-0.25, -0.2) is 4.99 Å². The molecule has 1 fully saturated rings. The smallest absolute Gasteiger partial charge is 0.191 e. The van der Waals surface area contributed by atoms with Crippen LogP contribution in [0.2, 0.25) is 10.0 Å². The van der Waals surface area contributed by atoms with Crippen molar-refractivity contribution in [1.82, 2.24) is 20.8 Å². The van der Waals surface area contributed by atoms with Crippen LogP contribution < -0.4 is 10.6 Å². The van der Waals surface area contributed by atoms with Crippen LogP contribution in [0.5, 0.6) is 0 Å². The molecule has 1 aromatic heterocycles. The van der Waals surface area contributed by atoms with Gasteiger partial charge in [-0.1, -0.05) is 53.8 Å². The Bertz CT molecular complexity index is 822. The first-order valence-electron chi connectivity index (χ1n) is 10.1. The zero-order chi connectivity index (χ0) is 21.3. The minimum absolute atomic E-state index is 0.124. The maximum atomic E-state index is 10.5. The summed E-state index contributed by atoms with van der Waals surface area (Å²) in [6.45, 7) is 1.31. The standard InChI is InChI=1S/C20H27Cl2N5O2S/c21-15-6-14(7-16(22)8-15)17(29)10-24-20(23-9-13-4-2-1-3-5-13)25-11-18-26-27-19(12-28)30-18/h6-8,13,17,28-29H,1-5,9-12H2,(H2,23,24,25). The van der Waals surface area contributed by atoms with Crippen molar-refractivity contribution in [3.63, 3.8) is 0 Å². The monoisotopic (exact) mass is 471 g/mol. The fourth-order valence-electron chi connectivity index (χ4n) is 3.45. The lowest BCUT2D eigenvalue weighted by molar-refractivity contribution is 0.180. The summed E-state index contributed by atoms with van der Waals surface area (Å²) in [5, 5.41) is 36.5. The minimum Gasteiger partial charge on any atom is -0.389 e. The summed E-state index contributed by atoms with van der Waals surface area (Å²) in [5.74, 6) is 1.23. The molecule has 3 rings (SSSR count). The SMILES string of the molecule is OCc1nnc(CN=C(NCC2CCCCC2)NCC(O)c2cc(Cl)cc(Cl)c2)s1. The van der Waals surface area contributed by atoms with Gasteiger partial charge >= 0.3 is 0 Å². The number of guanidine groups is 1. The maximum absolute atomic E-state index is 10.5. The zero-order valence-electron chi connectivity index (χ0n) is 16.7. The molecule has 0 amide bonds. The fourth-order valence-corrected chi connectivity index (χ4v) is 4.62. The average molecular weight is 472 g/mol. The van der Waals surface area contributed by atoms with Gasteiger partial charge in [0.15, 0.2) is 5.96 Å². The number of rotatable bonds is 8. The summed E-state index contributed by atoms with van der Waals surface area (Å²) in [5.41, 5.74) is 0.642. The molecule has 1 heterocycles. The molecular formula is C20H27Cl2N5O2S. The van der Waals surface area contributed by atoms with Crippen molar-refractivity contribution in [1.29, 1.82) is 0 Å². The number of halogens is 2. The molecule has 1 aliphatic carbocycles. The zero-order valence-corrected chi connectivity index (χ0v) is 19.0. The molecule has 0 bridgehead atoms. The molecule has 0 radical (unpaired) electrons. The van der Waals surface area contributed by atoms with E-state index in [1.54, 1.807) is 18.2 Å². The van der Waals surface area contributed by atoms with Gasteiger partial charge in [-0.2, -0.15) is 0 Å². The number of hydrogen-bond donors (Lipinski definition) is 4. The van der Waals surface area contributed by atoms with Gasteiger partial charge in [-0.15, -0.1) is 10.2 Å². The van der Waals surface area contributed by atoms with Crippen LogP contribution in [0.1, 0.15) is 53.8 Å². The molecule has 2 aromatic rings. The lowest BCUT2D eigenvalue weighted by Crippen LogP contribution is -2.41. The second-order valence-electron chi connectivity index (χ2n) is 7.40. The second kappa shape index (κ2) is 11.8. The normalized spacial score (nSPS) is 16.5. The number of nitrogens with one attached hydrogen (secondary N) is 2. The first kappa shape index (κ1) is 23.2. The van der Waals surface area contributed by atoms with E-state index in [2.05, 4.69) is 25.8 Å². The van der Waals surface area contributed by atoms with Gasteiger partial charge < -0.3 is 20.8 Å². The van der Waals surface area contributed by atoms with Crippen LogP contribution in [0.3, 0.4) is 0 Å². The Morgan fingerprint density at radius 2 is 1.80 bits per heavy atom. The average Bonchev–Trinajstić information content (AvgIpc) is 3.21. The molecular weight excluding hydrogens is 445 g/mol. The van der Waals surface area contributed by atoms with Crippen LogP contribution in [0.15, 0.2) is 23.2 Å². The number of aliphatic hydroxyl groups is 2. The third-order valence-corrected chi connectivity index (χ3v) is 6.36. The summed E-state index contributed by atoms with van der Waals surface area (Å²) < 4.78 is 0. The Kier molecular flexibility index (Phi) is 9.14. The Hall–Kier alpha value is -1.45. The molecule has 10 heteroatoms. The molecule has 1 aromatic carbocycles. The van der Waals surface area contributed by atoms with Crippen molar-refractivity contribution >= 4 is 40.5 Å². The number of aliphatic hydroxyl groups excluding tert-OH is 2. The van der Waals surface area contributed by atoms with Gasteiger partial charge in [-0.3, -0.25) is 0 Å². The number of nitrogens with zero attached hydrogens (tertiary/aromatic N) is 3. The van der Waals surface area contributed by atoms with E-state index in [1.807, 2.05) is 0 Å². The molecule has 7 nitrogen and oxygen atoms in total. The van der Waals surface area contributed by atoms with Crippen molar-refractivity contribution in [2.45, 2.75) is 51.4 Å². The highest BCUT2D eigenvalue weighted by molar-refractivity contribution is 7.11. The molecule has 1 aliphatic rings. The Labute approximate surface area is 190 Å². The lowest BCUT2D eigenvalue weighted by atomic mass is 9.89. The molecule has 0 saturated heterocycles. The van der Waals surface area contributed by atoms with Crippen molar-refractivity contribution in [3.8, 4) is 0 Å². The molecule has 4 N–H and O–H groups in total. The molecule has 164 valence electrons. The highest BCUT2D eigenvalue weighted by atomic mass is 35.5. The summed E-state index contributed by atoms with van der Waals surface area (Å²) in [6, 6.07) is 5.03. The summed E-state index contributed by atoms with van der Waals surface area (Å²) in [4.78, 5) is 4.58. The van der Waals surface area contributed by atoms with E-state index in [9.17, 15) is 5.11 Å². The molecule has 1 atom stereocenters. The Balaban J connectivity index is 1.61. The van der Waals surface area contributed by atoms with Crippen LogP contribution in [-0.2, 0) is 13.2 Å². The van der Waals surface area contributed by atoms with Crippen LogP contribution in [0.4, 0.5) is 0 Å². The summed E-state index contributed by atoms with van der Waals surface area (Å²) in [7, 11) is 0. The predicted molar refractivity (Wildman–Crippen MR) is 121 cm³/mol. The lowest BCUT2D eigenvalue weighted by Gasteiger charge is -2.23. The van der Waals surface area contributed by atoms with Crippen LogP contribution in [-0.4, -0.2) is 39.5 Å². The second-order valence-corrected chi connectivity index (χ2v) is 9.42. The molecule has 1 saturated carbocycles. The third kappa shape index (κ3) is 7.35. The van der Waals surface area contributed by atoms with Gasteiger partial charge in [0.1, 0.15) is 10.0 Å². The molecule has 1 unspecified atom stereocenters. The van der Waals surface area contributed by atoms with Crippen LogP contribution >= 0.6 is 34.5 Å². The predicted octanol–water partition coefficient (Wildman–Crippen LogP) is 3.69. The Morgan fingerprint density at radius 3 is 2.47 bits per heavy atom. The number of aliphatic imine (C=N–C) groups is 1. The number of aromatic nitrogens is 2. The third-order valence-electron chi connectivity index (χ3n) is 5.03. The minimum atomic E-state index is -0.787. The Morgan fingerprint density at radius 1 is 1.10 bits per heavy atom.